The number of ether oxygens (including phenoxy) is 1. The Morgan fingerprint density at radius 3 is 2.64 bits per heavy atom. The molecule has 0 radical (unpaired) electrons. The molecule has 0 aromatic heterocycles. The number of amides is 1. The van der Waals surface area contributed by atoms with Crippen molar-refractivity contribution in [1.82, 2.24) is 5.32 Å². The van der Waals surface area contributed by atoms with Crippen molar-refractivity contribution < 1.29 is 44.2 Å². The first-order chi connectivity index (χ1) is 10.1. The standard InChI is InChI=1S/C17H23NO3.Na/c1-12-3-7-14(8-4-12)18-17(20)10-6-13-5-9-15(19)16(11-13)21-2;/h5-6,9-12,14,19H,3-4,7-8H2,1-2H3,(H,18,20);/q;+1/p-1/b10-6+;. The van der Waals surface area contributed by atoms with Crippen LogP contribution in [-0.2, 0) is 4.79 Å². The van der Waals surface area contributed by atoms with Crippen molar-refractivity contribution >= 4 is 12.0 Å². The van der Waals surface area contributed by atoms with E-state index in [-0.39, 0.29) is 47.3 Å². The summed E-state index contributed by atoms with van der Waals surface area (Å²) in [6.45, 7) is 2.25. The fourth-order valence-electron chi connectivity index (χ4n) is 2.61. The molecular formula is C17H22NNaO3. The molecule has 1 saturated carbocycles. The van der Waals surface area contributed by atoms with Crippen LogP contribution in [0.4, 0.5) is 0 Å². The summed E-state index contributed by atoms with van der Waals surface area (Å²) in [6.07, 6.45) is 7.67. The molecular weight excluding hydrogens is 289 g/mol. The molecule has 22 heavy (non-hydrogen) atoms. The maximum Gasteiger partial charge on any atom is 1.00 e. The molecule has 1 aromatic rings. The summed E-state index contributed by atoms with van der Waals surface area (Å²) in [5, 5.41) is 14.4. The van der Waals surface area contributed by atoms with E-state index >= 15 is 0 Å². The Balaban J connectivity index is 0.00000242. The number of nitrogens with one attached hydrogen (secondary N) is 1. The predicted molar refractivity (Wildman–Crippen MR) is 81.0 cm³/mol. The normalized spacial score (nSPS) is 21.2. The van der Waals surface area contributed by atoms with E-state index in [1.807, 2.05) is 0 Å². The molecule has 1 N–H and O–H groups in total. The average molecular weight is 311 g/mol. The summed E-state index contributed by atoms with van der Waals surface area (Å²) in [5.41, 5.74) is 0.777. The number of benzene rings is 1. The summed E-state index contributed by atoms with van der Waals surface area (Å²) < 4.78 is 4.98. The Hall–Kier alpha value is -0.970. The van der Waals surface area contributed by atoms with E-state index in [0.29, 0.717) is 5.75 Å². The van der Waals surface area contributed by atoms with Crippen LogP contribution in [0.3, 0.4) is 0 Å². The molecule has 0 bridgehead atoms. The van der Waals surface area contributed by atoms with Crippen molar-refractivity contribution in [2.75, 3.05) is 7.11 Å². The van der Waals surface area contributed by atoms with Crippen molar-refractivity contribution in [2.45, 2.75) is 38.6 Å². The van der Waals surface area contributed by atoms with Gasteiger partial charge >= 0.3 is 29.6 Å². The smallest absolute Gasteiger partial charge is 0.870 e. The molecule has 2 rings (SSSR count). The number of rotatable bonds is 4. The Morgan fingerprint density at radius 2 is 2.00 bits per heavy atom. The number of hydrogen-bond acceptors (Lipinski definition) is 3. The minimum Gasteiger partial charge on any atom is -0.870 e. The van der Waals surface area contributed by atoms with Gasteiger partial charge in [0.2, 0.25) is 5.91 Å². The monoisotopic (exact) mass is 311 g/mol. The van der Waals surface area contributed by atoms with Gasteiger partial charge in [-0.3, -0.25) is 4.79 Å². The van der Waals surface area contributed by atoms with E-state index in [1.54, 1.807) is 18.2 Å². The van der Waals surface area contributed by atoms with Crippen molar-refractivity contribution in [2.24, 2.45) is 5.92 Å². The van der Waals surface area contributed by atoms with Gasteiger partial charge in [-0.2, -0.15) is 0 Å². The zero-order chi connectivity index (χ0) is 15.2. The van der Waals surface area contributed by atoms with Gasteiger partial charge in [0.15, 0.2) is 0 Å². The topological polar surface area (TPSA) is 61.4 Å². The molecule has 4 nitrogen and oxygen atoms in total. The first kappa shape index (κ1) is 19.1. The Morgan fingerprint density at radius 1 is 1.32 bits per heavy atom. The fraction of sp³-hybridized carbons (Fsp3) is 0.471. The minimum absolute atomic E-state index is 0. The van der Waals surface area contributed by atoms with Gasteiger partial charge in [-0.05, 0) is 49.3 Å². The van der Waals surface area contributed by atoms with Gasteiger partial charge in [-0.15, -0.1) is 0 Å². The maximum atomic E-state index is 11.9. The first-order valence-corrected chi connectivity index (χ1v) is 7.42. The van der Waals surface area contributed by atoms with Crippen molar-refractivity contribution in [1.29, 1.82) is 0 Å². The van der Waals surface area contributed by atoms with Crippen LogP contribution in [0.2, 0.25) is 0 Å². The Bertz CT molecular complexity index is 523. The van der Waals surface area contributed by atoms with E-state index < -0.39 is 0 Å². The van der Waals surface area contributed by atoms with E-state index in [1.165, 1.54) is 32.1 Å². The Kier molecular flexibility index (Phi) is 8.01. The third-order valence-electron chi connectivity index (χ3n) is 3.98. The molecule has 5 heteroatoms. The van der Waals surface area contributed by atoms with Crippen LogP contribution in [0.15, 0.2) is 24.3 Å². The van der Waals surface area contributed by atoms with Crippen LogP contribution in [0.25, 0.3) is 6.08 Å². The molecule has 1 aromatic carbocycles. The van der Waals surface area contributed by atoms with Crippen LogP contribution in [0, 0.1) is 5.92 Å². The second kappa shape index (κ2) is 9.23. The maximum absolute atomic E-state index is 11.9. The van der Waals surface area contributed by atoms with E-state index in [2.05, 4.69) is 12.2 Å². The third-order valence-corrected chi connectivity index (χ3v) is 3.98. The first-order valence-electron chi connectivity index (χ1n) is 7.42. The molecule has 0 atom stereocenters. The summed E-state index contributed by atoms with van der Waals surface area (Å²) >= 11 is 0. The largest absolute Gasteiger partial charge is 1.00 e. The summed E-state index contributed by atoms with van der Waals surface area (Å²) in [7, 11) is 1.46. The second-order valence-corrected chi connectivity index (χ2v) is 5.71. The van der Waals surface area contributed by atoms with E-state index in [0.717, 1.165) is 24.3 Å². The number of methoxy groups -OCH3 is 1. The molecule has 1 aliphatic rings. The molecule has 0 saturated heterocycles. The van der Waals surface area contributed by atoms with Gasteiger partial charge in [0.25, 0.3) is 0 Å². The minimum atomic E-state index is -0.157. The number of hydrogen-bond donors (Lipinski definition) is 1. The number of carbonyl (C=O) groups excluding carboxylic acids is 1. The zero-order valence-electron chi connectivity index (χ0n) is 13.6. The molecule has 0 heterocycles. The third kappa shape index (κ3) is 5.67. The van der Waals surface area contributed by atoms with Gasteiger partial charge in [0, 0.05) is 12.1 Å². The molecule has 1 amide bonds. The van der Waals surface area contributed by atoms with E-state index in [4.69, 9.17) is 4.74 Å². The van der Waals surface area contributed by atoms with Crippen LogP contribution >= 0.6 is 0 Å². The van der Waals surface area contributed by atoms with Crippen LogP contribution in [0.5, 0.6) is 11.5 Å². The zero-order valence-corrected chi connectivity index (χ0v) is 15.6. The van der Waals surface area contributed by atoms with Crippen molar-refractivity contribution in [3.63, 3.8) is 0 Å². The molecule has 114 valence electrons. The van der Waals surface area contributed by atoms with Crippen molar-refractivity contribution in [3.05, 3.63) is 29.8 Å². The summed E-state index contributed by atoms with van der Waals surface area (Å²) in [4.78, 5) is 11.9. The quantitative estimate of drug-likeness (QED) is 0.601. The molecule has 0 spiro atoms. The van der Waals surface area contributed by atoms with Gasteiger partial charge in [-0.1, -0.05) is 24.8 Å². The number of carbonyl (C=O) groups is 1. The predicted octanol–water partition coefficient (Wildman–Crippen LogP) is -0.519. The average Bonchev–Trinajstić information content (AvgIpc) is 2.49. The Labute approximate surface area is 154 Å². The molecule has 1 aliphatic carbocycles. The van der Waals surface area contributed by atoms with Crippen LogP contribution < -0.4 is 44.7 Å². The summed E-state index contributed by atoms with van der Waals surface area (Å²) in [5.74, 6) is 0.820. The fourth-order valence-corrected chi connectivity index (χ4v) is 2.61. The molecule has 1 fully saturated rings. The SMILES string of the molecule is COc1cc(/C=C/C(=O)NC2CCC(C)CC2)ccc1[O-].[Na+]. The van der Waals surface area contributed by atoms with Gasteiger partial charge in [0.1, 0.15) is 5.75 Å². The van der Waals surface area contributed by atoms with Gasteiger partial charge < -0.3 is 15.2 Å². The van der Waals surface area contributed by atoms with E-state index in [9.17, 15) is 9.90 Å². The summed E-state index contributed by atoms with van der Waals surface area (Å²) in [6, 6.07) is 5.04. The molecule has 0 unspecified atom stereocenters. The van der Waals surface area contributed by atoms with Crippen molar-refractivity contribution in [3.8, 4) is 11.5 Å². The second-order valence-electron chi connectivity index (χ2n) is 5.71. The van der Waals surface area contributed by atoms with Crippen LogP contribution in [0.1, 0.15) is 38.2 Å². The van der Waals surface area contributed by atoms with Crippen LogP contribution in [-0.4, -0.2) is 19.1 Å². The molecule has 0 aliphatic heterocycles. The van der Waals surface area contributed by atoms with Gasteiger partial charge in [-0.25, -0.2) is 0 Å². The van der Waals surface area contributed by atoms with Gasteiger partial charge in [0.05, 0.1) is 7.11 Å².